The third kappa shape index (κ3) is 15.7. The molecule has 4 aliphatic rings. The lowest BCUT2D eigenvalue weighted by Crippen LogP contribution is -2.48. The Kier molecular flexibility index (Phi) is 20.9. The SMILES string of the molecule is C.COc1ccc(F)cc1C(=O)c1cnc(NC2CCN(C(=O)CN3CCOCC3)CC2)nc1N.COc1ccc(F)cc1C(=O)c1cnc(NC2CCNCC2)nc1N.O=C(O)CN1CCOCC1. The number of nitrogens with one attached hydrogen (secondary N) is 3. The Morgan fingerprint density at radius 2 is 1.11 bits per heavy atom. The number of halogens is 2. The fourth-order valence-corrected chi connectivity index (χ4v) is 7.89. The third-order valence-electron chi connectivity index (χ3n) is 11.7. The summed E-state index contributed by atoms with van der Waals surface area (Å²) in [4.78, 5) is 71.0. The van der Waals surface area contributed by atoms with Crippen molar-refractivity contribution in [2.45, 2.75) is 45.2 Å². The van der Waals surface area contributed by atoms with Crippen LogP contribution in [0.1, 0.15) is 65.0 Å². The van der Waals surface area contributed by atoms with E-state index in [-0.39, 0.29) is 77.4 Å². The molecule has 8 rings (SSSR count). The van der Waals surface area contributed by atoms with Crippen LogP contribution in [0.3, 0.4) is 0 Å². The molecule has 2 aromatic carbocycles. The summed E-state index contributed by atoms with van der Waals surface area (Å²) in [7, 11) is 2.81. The average Bonchev–Trinajstić information content (AvgIpc) is 3.35. The number of amides is 1. The van der Waals surface area contributed by atoms with Crippen molar-refractivity contribution in [3.05, 3.63) is 82.7 Å². The summed E-state index contributed by atoms with van der Waals surface area (Å²) in [6, 6.07) is 7.77. The lowest BCUT2D eigenvalue weighted by Gasteiger charge is -2.34. The minimum Gasteiger partial charge on any atom is -0.496 e. The van der Waals surface area contributed by atoms with E-state index in [1.165, 1.54) is 50.9 Å². The number of ether oxygens (including phenoxy) is 4. The monoisotopic (exact) mass is 978 g/mol. The van der Waals surface area contributed by atoms with Crippen molar-refractivity contribution in [1.29, 1.82) is 0 Å². The molecule has 0 aliphatic carbocycles. The van der Waals surface area contributed by atoms with Crippen molar-refractivity contribution >= 4 is 47.0 Å². The van der Waals surface area contributed by atoms with Gasteiger partial charge in [0.15, 0.2) is 0 Å². The highest BCUT2D eigenvalue weighted by Crippen LogP contribution is 2.27. The summed E-state index contributed by atoms with van der Waals surface area (Å²) in [6.07, 6.45) is 6.12. The van der Waals surface area contributed by atoms with E-state index in [9.17, 15) is 28.0 Å². The third-order valence-corrected chi connectivity index (χ3v) is 11.7. The molecule has 380 valence electrons. The number of likely N-dealkylation sites (tertiary alicyclic amines) is 1. The fourth-order valence-electron chi connectivity index (χ4n) is 7.89. The Bertz CT molecular complexity index is 2380. The van der Waals surface area contributed by atoms with Crippen LogP contribution in [0.15, 0.2) is 48.8 Å². The minimum atomic E-state index is -0.762. The highest BCUT2D eigenvalue weighted by atomic mass is 19.1. The largest absolute Gasteiger partial charge is 0.496 e. The van der Waals surface area contributed by atoms with E-state index in [4.69, 9.17) is 35.5 Å². The molecule has 0 unspecified atom stereocenters. The summed E-state index contributed by atoms with van der Waals surface area (Å²) in [6.45, 7) is 9.44. The van der Waals surface area contributed by atoms with Gasteiger partial charge in [-0.1, -0.05) is 7.43 Å². The average molecular weight is 979 g/mol. The molecule has 4 aromatic rings. The second-order valence-electron chi connectivity index (χ2n) is 16.5. The number of nitrogens with zero attached hydrogens (tertiary/aromatic N) is 7. The zero-order chi connectivity index (χ0) is 49.3. The first kappa shape index (κ1) is 54.3. The first-order chi connectivity index (χ1) is 33.3. The van der Waals surface area contributed by atoms with E-state index in [2.05, 4.69) is 40.8 Å². The van der Waals surface area contributed by atoms with Gasteiger partial charge in [0.25, 0.3) is 0 Å². The molecule has 4 saturated heterocycles. The molecule has 8 N–H and O–H groups in total. The molecule has 0 bridgehead atoms. The molecule has 2 aromatic heterocycles. The summed E-state index contributed by atoms with van der Waals surface area (Å²) in [5.41, 5.74) is 12.3. The Balaban J connectivity index is 0.000000221. The van der Waals surface area contributed by atoms with Crippen LogP contribution in [0.25, 0.3) is 0 Å². The van der Waals surface area contributed by atoms with Gasteiger partial charge in [0.2, 0.25) is 29.4 Å². The number of nitrogens with two attached hydrogens (primary N) is 2. The molecule has 0 radical (unpaired) electrons. The van der Waals surface area contributed by atoms with Crippen LogP contribution in [-0.2, 0) is 19.1 Å². The summed E-state index contributed by atoms with van der Waals surface area (Å²) in [5, 5.41) is 18.1. The lowest BCUT2D eigenvalue weighted by atomic mass is 10.0. The normalized spacial score (nSPS) is 16.8. The number of hydrogen-bond acceptors (Lipinski definition) is 19. The number of benzene rings is 2. The maximum Gasteiger partial charge on any atom is 0.317 e. The molecule has 21 nitrogen and oxygen atoms in total. The van der Waals surface area contributed by atoms with Crippen LogP contribution in [0, 0.1) is 11.6 Å². The van der Waals surface area contributed by atoms with Gasteiger partial charge in [-0.05, 0) is 75.2 Å². The number of carboxylic acids is 1. The van der Waals surface area contributed by atoms with Gasteiger partial charge in [0.05, 0.1) is 76.0 Å². The Morgan fingerprint density at radius 1 is 0.686 bits per heavy atom. The summed E-state index contributed by atoms with van der Waals surface area (Å²) >= 11 is 0. The van der Waals surface area contributed by atoms with Gasteiger partial charge in [0.1, 0.15) is 34.8 Å². The Hall–Kier alpha value is -6.66. The fraction of sp³-hybridized carbons (Fsp3) is 0.489. The van der Waals surface area contributed by atoms with Crippen molar-refractivity contribution in [3.63, 3.8) is 0 Å². The number of carboxylic acid groups (broad SMARTS) is 1. The van der Waals surface area contributed by atoms with Crippen LogP contribution in [-0.4, -0.2) is 181 Å². The number of anilines is 4. The molecular formula is C47H64F2N12O9. The Labute approximate surface area is 405 Å². The number of aromatic nitrogens is 4. The van der Waals surface area contributed by atoms with Gasteiger partial charge in [-0.2, -0.15) is 9.97 Å². The molecule has 23 heteroatoms. The molecule has 0 atom stereocenters. The highest BCUT2D eigenvalue weighted by Gasteiger charge is 2.27. The molecule has 4 aliphatic heterocycles. The van der Waals surface area contributed by atoms with Gasteiger partial charge in [-0.25, -0.2) is 18.7 Å². The summed E-state index contributed by atoms with van der Waals surface area (Å²) in [5.74, 6) is -1.50. The summed E-state index contributed by atoms with van der Waals surface area (Å²) < 4.78 is 47.8. The van der Waals surface area contributed by atoms with Crippen molar-refractivity contribution in [2.75, 3.05) is 128 Å². The number of methoxy groups -OCH3 is 2. The van der Waals surface area contributed by atoms with E-state index in [1.54, 1.807) is 0 Å². The number of rotatable bonds is 14. The zero-order valence-corrected chi connectivity index (χ0v) is 38.8. The molecule has 1 amide bonds. The molecular weight excluding hydrogens is 915 g/mol. The number of morpholine rings is 2. The lowest BCUT2D eigenvalue weighted by molar-refractivity contribution is -0.139. The van der Waals surface area contributed by atoms with E-state index in [0.29, 0.717) is 58.0 Å². The first-order valence-electron chi connectivity index (χ1n) is 22.7. The first-order valence-corrected chi connectivity index (χ1v) is 22.7. The van der Waals surface area contributed by atoms with Gasteiger partial charge in [-0.3, -0.25) is 29.0 Å². The topological polar surface area (TPSA) is 275 Å². The van der Waals surface area contributed by atoms with E-state index < -0.39 is 29.2 Å². The smallest absolute Gasteiger partial charge is 0.317 e. The van der Waals surface area contributed by atoms with Crippen molar-refractivity contribution in [1.82, 2.24) is 40.0 Å². The molecule has 4 fully saturated rings. The predicted octanol–water partition coefficient (Wildman–Crippen LogP) is 2.81. The second-order valence-corrected chi connectivity index (χ2v) is 16.5. The standard InChI is InChI=1S/C23H29FN6O4.C17H20FN5O2.C6H11NO3.CH4/c1-33-19-3-2-15(24)12-17(19)21(32)18-13-26-23(28-22(18)25)27-16-4-6-30(7-5-16)20(31)14-29-8-10-34-11-9-29;1-25-14-3-2-10(18)8-12(14)15(24)13-9-21-17(23-16(13)19)22-11-4-6-20-7-5-11;8-6(9)5-7-1-3-10-4-2-7;/h2-3,12-13,16H,4-11,14H2,1H3,(H3,25,26,27,28);2-3,8-9,11,20H,4-7H2,1H3,(H3,19,21,22,23);1-5H2,(H,8,9);1H4. The number of carbonyl (C=O) groups is 4. The number of aliphatic carboxylic acids is 1. The number of carbonyl (C=O) groups excluding carboxylic acids is 3. The number of hydrogen-bond donors (Lipinski definition) is 6. The van der Waals surface area contributed by atoms with Gasteiger partial charge >= 0.3 is 5.97 Å². The van der Waals surface area contributed by atoms with Crippen LogP contribution >= 0.6 is 0 Å². The van der Waals surface area contributed by atoms with Gasteiger partial charge in [-0.15, -0.1) is 0 Å². The van der Waals surface area contributed by atoms with Gasteiger partial charge < -0.3 is 56.4 Å². The molecule has 6 heterocycles. The Morgan fingerprint density at radius 3 is 1.53 bits per heavy atom. The van der Waals surface area contributed by atoms with Crippen LogP contribution in [0.5, 0.6) is 11.5 Å². The quantitative estimate of drug-likeness (QED) is 0.0992. The minimum absolute atomic E-state index is 0. The van der Waals surface area contributed by atoms with E-state index >= 15 is 0 Å². The zero-order valence-electron chi connectivity index (χ0n) is 38.8. The van der Waals surface area contributed by atoms with E-state index in [1.807, 2.05) is 9.80 Å². The maximum atomic E-state index is 13.7. The van der Waals surface area contributed by atoms with Crippen molar-refractivity contribution in [3.8, 4) is 11.5 Å². The van der Waals surface area contributed by atoms with Crippen LogP contribution in [0.2, 0.25) is 0 Å². The molecule has 70 heavy (non-hydrogen) atoms. The maximum absolute atomic E-state index is 13.7. The van der Waals surface area contributed by atoms with Gasteiger partial charge in [0, 0.05) is 63.7 Å². The van der Waals surface area contributed by atoms with E-state index in [0.717, 1.165) is 77.1 Å². The van der Waals surface area contributed by atoms with Crippen molar-refractivity contribution in [2.24, 2.45) is 0 Å². The number of ketones is 2. The molecule has 0 saturated carbocycles. The highest BCUT2D eigenvalue weighted by molar-refractivity contribution is 6.13. The predicted molar refractivity (Wildman–Crippen MR) is 257 cm³/mol. The molecule has 0 spiro atoms. The van der Waals surface area contributed by atoms with Crippen LogP contribution < -0.4 is 36.9 Å². The second kappa shape index (κ2) is 26.9. The van der Waals surface area contributed by atoms with Crippen molar-refractivity contribution < 1.29 is 52.0 Å². The van der Waals surface area contributed by atoms with Crippen LogP contribution in [0.4, 0.5) is 32.3 Å². The number of nitrogen functional groups attached to an aromatic ring is 2. The number of piperidine rings is 2.